The number of halogens is 1. The summed E-state index contributed by atoms with van der Waals surface area (Å²) in [6.07, 6.45) is 0. The number of carbonyl (C=O) groups excluding carboxylic acids is 2. The van der Waals surface area contributed by atoms with Gasteiger partial charge in [-0.15, -0.1) is 0 Å². The Morgan fingerprint density at radius 2 is 1.53 bits per heavy atom. The van der Waals surface area contributed by atoms with Gasteiger partial charge >= 0.3 is 0 Å². The van der Waals surface area contributed by atoms with Crippen LogP contribution < -0.4 is 20.1 Å². The lowest BCUT2D eigenvalue weighted by Crippen LogP contribution is -2.20. The number of amides is 2. The van der Waals surface area contributed by atoms with Gasteiger partial charge in [0.2, 0.25) is 0 Å². The van der Waals surface area contributed by atoms with Gasteiger partial charge in [0.1, 0.15) is 5.82 Å². The average molecular weight is 436 g/mol. The van der Waals surface area contributed by atoms with Crippen molar-refractivity contribution in [2.45, 2.75) is 20.8 Å². The highest BCUT2D eigenvalue weighted by molar-refractivity contribution is 6.05. The highest BCUT2D eigenvalue weighted by Crippen LogP contribution is 2.29. The number of anilines is 2. The molecule has 0 aliphatic heterocycles. The van der Waals surface area contributed by atoms with E-state index in [2.05, 4.69) is 10.6 Å². The molecular weight excluding hydrogens is 411 g/mol. The van der Waals surface area contributed by atoms with E-state index >= 15 is 0 Å². The SMILES string of the molecule is COc1cc(C(=O)Nc2c(C)cc(C)cc2C)ccc1OCC(=O)Nc1ccc(F)cc1. The fraction of sp³-hybridized carbons (Fsp3) is 0.200. The fourth-order valence-electron chi connectivity index (χ4n) is 3.36. The van der Waals surface area contributed by atoms with Crippen LogP contribution in [-0.4, -0.2) is 25.5 Å². The first kappa shape index (κ1) is 22.8. The number of hydrogen-bond acceptors (Lipinski definition) is 4. The normalized spacial score (nSPS) is 10.4. The molecule has 3 aromatic carbocycles. The third-order valence-corrected chi connectivity index (χ3v) is 4.83. The van der Waals surface area contributed by atoms with Crippen molar-refractivity contribution < 1.29 is 23.5 Å². The summed E-state index contributed by atoms with van der Waals surface area (Å²) in [6, 6.07) is 14.2. The number of methoxy groups -OCH3 is 1. The predicted molar refractivity (Wildman–Crippen MR) is 122 cm³/mol. The molecule has 6 nitrogen and oxygen atoms in total. The summed E-state index contributed by atoms with van der Waals surface area (Å²) in [6.45, 7) is 5.63. The van der Waals surface area contributed by atoms with Crippen LogP contribution in [0.2, 0.25) is 0 Å². The Balaban J connectivity index is 1.67. The lowest BCUT2D eigenvalue weighted by Gasteiger charge is -2.15. The van der Waals surface area contributed by atoms with Crippen LogP contribution in [0, 0.1) is 26.6 Å². The van der Waals surface area contributed by atoms with Crippen molar-refractivity contribution in [3.05, 3.63) is 82.7 Å². The van der Waals surface area contributed by atoms with E-state index in [-0.39, 0.29) is 18.3 Å². The first-order valence-corrected chi connectivity index (χ1v) is 10.0. The van der Waals surface area contributed by atoms with Gasteiger partial charge < -0.3 is 20.1 Å². The monoisotopic (exact) mass is 436 g/mol. The lowest BCUT2D eigenvalue weighted by atomic mass is 10.0. The zero-order chi connectivity index (χ0) is 23.3. The van der Waals surface area contributed by atoms with Crippen molar-refractivity contribution >= 4 is 23.2 Å². The molecule has 0 unspecified atom stereocenters. The van der Waals surface area contributed by atoms with E-state index in [1.807, 2.05) is 32.9 Å². The average Bonchev–Trinajstić information content (AvgIpc) is 2.76. The van der Waals surface area contributed by atoms with Crippen LogP contribution in [0.5, 0.6) is 11.5 Å². The topological polar surface area (TPSA) is 76.7 Å². The molecule has 0 fully saturated rings. The van der Waals surface area contributed by atoms with Gasteiger partial charge in [-0.05, 0) is 74.4 Å². The van der Waals surface area contributed by atoms with Gasteiger partial charge in [-0.1, -0.05) is 17.7 Å². The van der Waals surface area contributed by atoms with Crippen molar-refractivity contribution in [2.75, 3.05) is 24.4 Å². The molecule has 0 saturated carbocycles. The van der Waals surface area contributed by atoms with Crippen molar-refractivity contribution in [3.63, 3.8) is 0 Å². The van der Waals surface area contributed by atoms with Crippen molar-refractivity contribution in [3.8, 4) is 11.5 Å². The Labute approximate surface area is 186 Å². The summed E-state index contributed by atoms with van der Waals surface area (Å²) >= 11 is 0. The van der Waals surface area contributed by atoms with E-state index in [1.54, 1.807) is 18.2 Å². The Hall–Kier alpha value is -3.87. The van der Waals surface area contributed by atoms with E-state index in [0.29, 0.717) is 22.7 Å². The van der Waals surface area contributed by atoms with Crippen molar-refractivity contribution in [1.29, 1.82) is 0 Å². The predicted octanol–water partition coefficient (Wildman–Crippen LogP) is 5.03. The Kier molecular flexibility index (Phi) is 7.10. The highest BCUT2D eigenvalue weighted by Gasteiger charge is 2.15. The van der Waals surface area contributed by atoms with Gasteiger partial charge in [0.05, 0.1) is 7.11 Å². The number of benzene rings is 3. The van der Waals surface area contributed by atoms with Crippen LogP contribution in [0.15, 0.2) is 54.6 Å². The molecule has 0 aliphatic carbocycles. The van der Waals surface area contributed by atoms with Crippen LogP contribution in [-0.2, 0) is 4.79 Å². The van der Waals surface area contributed by atoms with Gasteiger partial charge in [-0.2, -0.15) is 0 Å². The number of carbonyl (C=O) groups is 2. The summed E-state index contributed by atoms with van der Waals surface area (Å²) in [5, 5.41) is 5.56. The quantitative estimate of drug-likeness (QED) is 0.545. The molecule has 2 amide bonds. The molecule has 7 heteroatoms. The highest BCUT2D eigenvalue weighted by atomic mass is 19.1. The number of rotatable bonds is 7. The molecule has 0 aliphatic rings. The molecule has 0 atom stereocenters. The van der Waals surface area contributed by atoms with Crippen molar-refractivity contribution in [2.24, 2.45) is 0 Å². The summed E-state index contributed by atoms with van der Waals surface area (Å²) in [5.74, 6) is -0.434. The van der Waals surface area contributed by atoms with E-state index in [9.17, 15) is 14.0 Å². The largest absolute Gasteiger partial charge is 0.493 e. The van der Waals surface area contributed by atoms with E-state index < -0.39 is 5.91 Å². The molecule has 0 spiro atoms. The summed E-state index contributed by atoms with van der Waals surface area (Å²) in [4.78, 5) is 24.9. The maximum Gasteiger partial charge on any atom is 0.262 e. The molecule has 0 saturated heterocycles. The zero-order valence-electron chi connectivity index (χ0n) is 18.4. The minimum Gasteiger partial charge on any atom is -0.493 e. The minimum atomic E-state index is -0.411. The molecule has 3 aromatic rings. The van der Waals surface area contributed by atoms with Crippen molar-refractivity contribution in [1.82, 2.24) is 0 Å². The first-order chi connectivity index (χ1) is 15.3. The van der Waals surface area contributed by atoms with Gasteiger partial charge in [-0.3, -0.25) is 9.59 Å². The van der Waals surface area contributed by atoms with E-state index in [4.69, 9.17) is 9.47 Å². The summed E-state index contributed by atoms with van der Waals surface area (Å²) < 4.78 is 23.8. The minimum absolute atomic E-state index is 0.277. The number of hydrogen-bond donors (Lipinski definition) is 2. The van der Waals surface area contributed by atoms with Gasteiger partial charge in [-0.25, -0.2) is 4.39 Å². The molecule has 2 N–H and O–H groups in total. The third kappa shape index (κ3) is 5.63. The molecule has 0 bridgehead atoms. The molecular formula is C25H25FN2O4. The number of aryl methyl sites for hydroxylation is 3. The number of nitrogens with one attached hydrogen (secondary N) is 2. The second kappa shape index (κ2) is 9.96. The Morgan fingerprint density at radius 3 is 2.16 bits per heavy atom. The number of ether oxygens (including phenoxy) is 2. The first-order valence-electron chi connectivity index (χ1n) is 10.0. The molecule has 3 rings (SSSR count). The van der Waals surface area contributed by atoms with Crippen LogP contribution >= 0.6 is 0 Å². The van der Waals surface area contributed by atoms with E-state index in [1.165, 1.54) is 31.4 Å². The van der Waals surface area contributed by atoms with Crippen LogP contribution in [0.1, 0.15) is 27.0 Å². The molecule has 0 heterocycles. The Bertz CT molecular complexity index is 1120. The van der Waals surface area contributed by atoms with Crippen LogP contribution in [0.25, 0.3) is 0 Å². The second-order valence-electron chi connectivity index (χ2n) is 7.44. The smallest absolute Gasteiger partial charge is 0.262 e. The van der Waals surface area contributed by atoms with Crippen LogP contribution in [0.4, 0.5) is 15.8 Å². The fourth-order valence-corrected chi connectivity index (χ4v) is 3.36. The Morgan fingerprint density at radius 1 is 0.875 bits per heavy atom. The van der Waals surface area contributed by atoms with Gasteiger partial charge in [0, 0.05) is 16.9 Å². The molecule has 0 aromatic heterocycles. The lowest BCUT2D eigenvalue weighted by molar-refractivity contribution is -0.118. The second-order valence-corrected chi connectivity index (χ2v) is 7.44. The van der Waals surface area contributed by atoms with E-state index in [0.717, 1.165) is 22.4 Å². The van der Waals surface area contributed by atoms with Gasteiger partial charge in [0.15, 0.2) is 18.1 Å². The molecule has 166 valence electrons. The maximum absolute atomic E-state index is 13.0. The summed E-state index contributed by atoms with van der Waals surface area (Å²) in [5.41, 5.74) is 4.72. The standard InChI is InChI=1S/C25H25FN2O4/c1-15-11-16(2)24(17(3)12-15)28-25(30)18-5-10-21(22(13-18)31-4)32-14-23(29)27-20-8-6-19(26)7-9-20/h5-13H,14H2,1-4H3,(H,27,29)(H,28,30). The summed E-state index contributed by atoms with van der Waals surface area (Å²) in [7, 11) is 1.46. The van der Waals surface area contributed by atoms with Crippen LogP contribution in [0.3, 0.4) is 0 Å². The zero-order valence-corrected chi connectivity index (χ0v) is 18.4. The molecule has 32 heavy (non-hydrogen) atoms. The maximum atomic E-state index is 13.0. The van der Waals surface area contributed by atoms with Gasteiger partial charge in [0.25, 0.3) is 11.8 Å². The molecule has 0 radical (unpaired) electrons. The third-order valence-electron chi connectivity index (χ3n) is 4.83.